The summed E-state index contributed by atoms with van der Waals surface area (Å²) in [4.78, 5) is 7.20. The van der Waals surface area contributed by atoms with Gasteiger partial charge in [-0.15, -0.1) is 0 Å². The number of halogens is 1. The molecule has 0 unspecified atom stereocenters. The van der Waals surface area contributed by atoms with E-state index in [2.05, 4.69) is 24.2 Å². The Hall–Kier alpha value is -1.16. The maximum Gasteiger partial charge on any atom is 0.0709 e. The summed E-state index contributed by atoms with van der Waals surface area (Å²) < 4.78 is 0. The standard InChI is InChI=1S/C16H20ClN3/c1-3-18-9-13-12-8-11(17)4-5-15(12)19-16-6-7-20(2)10-14(13)16/h4-5,8,18H,3,6-7,9-10H2,1-2H3. The third-order valence-corrected chi connectivity index (χ3v) is 4.20. The lowest BCUT2D eigenvalue weighted by Crippen LogP contribution is -2.29. The zero-order valence-electron chi connectivity index (χ0n) is 12.0. The van der Waals surface area contributed by atoms with E-state index in [9.17, 15) is 0 Å². The number of benzene rings is 1. The number of nitrogens with zero attached hydrogens (tertiary/aromatic N) is 2. The van der Waals surface area contributed by atoms with Crippen molar-refractivity contribution in [2.24, 2.45) is 0 Å². The molecule has 0 atom stereocenters. The lowest BCUT2D eigenvalue weighted by atomic mass is 9.96. The zero-order chi connectivity index (χ0) is 14.1. The van der Waals surface area contributed by atoms with Gasteiger partial charge in [0.05, 0.1) is 5.52 Å². The Balaban J connectivity index is 2.20. The summed E-state index contributed by atoms with van der Waals surface area (Å²) in [5.74, 6) is 0. The molecule has 2 aromatic rings. The molecular weight excluding hydrogens is 270 g/mol. The summed E-state index contributed by atoms with van der Waals surface area (Å²) in [6.45, 7) is 6.04. The molecule has 0 aliphatic carbocycles. The van der Waals surface area contributed by atoms with Crippen LogP contribution in [0.3, 0.4) is 0 Å². The monoisotopic (exact) mass is 289 g/mol. The van der Waals surface area contributed by atoms with Crippen molar-refractivity contribution in [3.05, 3.63) is 40.0 Å². The fourth-order valence-electron chi connectivity index (χ4n) is 2.89. The highest BCUT2D eigenvalue weighted by molar-refractivity contribution is 6.31. The number of fused-ring (bicyclic) bond motifs is 2. The highest BCUT2D eigenvalue weighted by atomic mass is 35.5. The molecule has 1 aliphatic rings. The Morgan fingerprint density at radius 1 is 1.40 bits per heavy atom. The molecule has 0 radical (unpaired) electrons. The average molecular weight is 290 g/mol. The van der Waals surface area contributed by atoms with Crippen LogP contribution in [-0.4, -0.2) is 30.0 Å². The molecule has 20 heavy (non-hydrogen) atoms. The topological polar surface area (TPSA) is 28.2 Å². The Morgan fingerprint density at radius 2 is 2.25 bits per heavy atom. The van der Waals surface area contributed by atoms with Crippen molar-refractivity contribution in [3.8, 4) is 0 Å². The van der Waals surface area contributed by atoms with Crippen LogP contribution < -0.4 is 5.32 Å². The number of pyridine rings is 1. The molecule has 4 heteroatoms. The Labute approximate surface area is 124 Å². The van der Waals surface area contributed by atoms with Gasteiger partial charge in [-0.2, -0.15) is 0 Å². The molecule has 1 aromatic carbocycles. The van der Waals surface area contributed by atoms with Crippen LogP contribution >= 0.6 is 11.6 Å². The van der Waals surface area contributed by atoms with Crippen LogP contribution in [0.15, 0.2) is 18.2 Å². The first-order chi connectivity index (χ1) is 9.69. The zero-order valence-corrected chi connectivity index (χ0v) is 12.8. The Kier molecular flexibility index (Phi) is 3.92. The van der Waals surface area contributed by atoms with Gasteiger partial charge < -0.3 is 10.2 Å². The average Bonchev–Trinajstić information content (AvgIpc) is 2.44. The van der Waals surface area contributed by atoms with Crippen molar-refractivity contribution in [1.82, 2.24) is 15.2 Å². The number of hydrogen-bond acceptors (Lipinski definition) is 3. The minimum atomic E-state index is 0.779. The van der Waals surface area contributed by atoms with Gasteiger partial charge in [0.25, 0.3) is 0 Å². The third kappa shape index (κ3) is 2.53. The van der Waals surface area contributed by atoms with Crippen molar-refractivity contribution in [1.29, 1.82) is 0 Å². The third-order valence-electron chi connectivity index (χ3n) is 3.96. The minimum absolute atomic E-state index is 0.779. The van der Waals surface area contributed by atoms with E-state index in [1.807, 2.05) is 18.2 Å². The first kappa shape index (κ1) is 13.8. The van der Waals surface area contributed by atoms with Crippen LogP contribution in [0.4, 0.5) is 0 Å². The van der Waals surface area contributed by atoms with Crippen LogP contribution in [-0.2, 0) is 19.5 Å². The van der Waals surface area contributed by atoms with E-state index in [-0.39, 0.29) is 0 Å². The van der Waals surface area contributed by atoms with Crippen molar-refractivity contribution in [3.63, 3.8) is 0 Å². The second kappa shape index (κ2) is 5.68. The van der Waals surface area contributed by atoms with Crippen molar-refractivity contribution < 1.29 is 0 Å². The van der Waals surface area contributed by atoms with Crippen LogP contribution in [0.2, 0.25) is 5.02 Å². The summed E-state index contributed by atoms with van der Waals surface area (Å²) in [5, 5.41) is 5.42. The minimum Gasteiger partial charge on any atom is -0.313 e. The molecule has 0 saturated carbocycles. The maximum absolute atomic E-state index is 6.18. The fraction of sp³-hybridized carbons (Fsp3) is 0.438. The van der Waals surface area contributed by atoms with Crippen LogP contribution in [0.25, 0.3) is 10.9 Å². The van der Waals surface area contributed by atoms with Crippen LogP contribution in [0, 0.1) is 0 Å². The molecule has 2 heterocycles. The van der Waals surface area contributed by atoms with E-state index in [0.717, 1.165) is 43.1 Å². The highest BCUT2D eigenvalue weighted by Gasteiger charge is 2.20. The predicted molar refractivity (Wildman–Crippen MR) is 84.2 cm³/mol. The molecule has 0 spiro atoms. The molecule has 3 nitrogen and oxygen atoms in total. The lowest BCUT2D eigenvalue weighted by Gasteiger charge is -2.27. The van der Waals surface area contributed by atoms with E-state index in [0.29, 0.717) is 0 Å². The second-order valence-corrected chi connectivity index (χ2v) is 5.88. The number of hydrogen-bond donors (Lipinski definition) is 1. The number of nitrogens with one attached hydrogen (secondary N) is 1. The smallest absolute Gasteiger partial charge is 0.0709 e. The fourth-order valence-corrected chi connectivity index (χ4v) is 3.06. The SMILES string of the molecule is CCNCc1c2c(nc3ccc(Cl)cc13)CCN(C)C2. The number of aromatic nitrogens is 1. The highest BCUT2D eigenvalue weighted by Crippen LogP contribution is 2.29. The quantitative estimate of drug-likeness (QED) is 0.941. The van der Waals surface area contributed by atoms with Gasteiger partial charge in [-0.3, -0.25) is 4.98 Å². The van der Waals surface area contributed by atoms with Gasteiger partial charge in [0.2, 0.25) is 0 Å². The molecule has 3 rings (SSSR count). The molecular formula is C16H20ClN3. The van der Waals surface area contributed by atoms with Crippen molar-refractivity contribution in [2.45, 2.75) is 26.4 Å². The summed E-state index contributed by atoms with van der Waals surface area (Å²) in [5.41, 5.74) is 5.06. The van der Waals surface area contributed by atoms with Gasteiger partial charge >= 0.3 is 0 Å². The maximum atomic E-state index is 6.18. The summed E-state index contributed by atoms with van der Waals surface area (Å²) in [7, 11) is 2.17. The number of rotatable bonds is 3. The first-order valence-electron chi connectivity index (χ1n) is 7.18. The second-order valence-electron chi connectivity index (χ2n) is 5.45. The normalized spacial score (nSPS) is 15.6. The van der Waals surface area contributed by atoms with Gasteiger partial charge in [-0.25, -0.2) is 0 Å². The first-order valence-corrected chi connectivity index (χ1v) is 7.56. The van der Waals surface area contributed by atoms with Crippen LogP contribution in [0.5, 0.6) is 0 Å². The predicted octanol–water partition coefficient (Wildman–Crippen LogP) is 2.99. The van der Waals surface area contributed by atoms with E-state index >= 15 is 0 Å². The van der Waals surface area contributed by atoms with Gasteiger partial charge in [0.15, 0.2) is 0 Å². The molecule has 1 aromatic heterocycles. The van der Waals surface area contributed by atoms with Gasteiger partial charge in [-0.1, -0.05) is 18.5 Å². The molecule has 0 fully saturated rings. The number of likely N-dealkylation sites (N-methyl/N-ethyl adjacent to an activating group) is 1. The largest absolute Gasteiger partial charge is 0.313 e. The Bertz CT molecular complexity index is 639. The summed E-state index contributed by atoms with van der Waals surface area (Å²) >= 11 is 6.18. The summed E-state index contributed by atoms with van der Waals surface area (Å²) in [6, 6.07) is 6.01. The van der Waals surface area contributed by atoms with Gasteiger partial charge in [0, 0.05) is 42.2 Å². The summed E-state index contributed by atoms with van der Waals surface area (Å²) in [6.07, 6.45) is 1.03. The Morgan fingerprint density at radius 3 is 3.05 bits per heavy atom. The lowest BCUT2D eigenvalue weighted by molar-refractivity contribution is 0.309. The van der Waals surface area contributed by atoms with Crippen LogP contribution in [0.1, 0.15) is 23.7 Å². The molecule has 1 N–H and O–H groups in total. The van der Waals surface area contributed by atoms with E-state index < -0.39 is 0 Å². The molecule has 0 amide bonds. The van der Waals surface area contributed by atoms with Crippen molar-refractivity contribution in [2.75, 3.05) is 20.1 Å². The van der Waals surface area contributed by atoms with E-state index in [1.165, 1.54) is 22.2 Å². The molecule has 106 valence electrons. The molecule has 0 bridgehead atoms. The van der Waals surface area contributed by atoms with Gasteiger partial charge in [-0.05, 0) is 42.9 Å². The molecule has 0 saturated heterocycles. The van der Waals surface area contributed by atoms with E-state index in [1.54, 1.807) is 0 Å². The molecule has 1 aliphatic heterocycles. The van der Waals surface area contributed by atoms with E-state index in [4.69, 9.17) is 16.6 Å². The van der Waals surface area contributed by atoms with Crippen molar-refractivity contribution >= 4 is 22.5 Å². The van der Waals surface area contributed by atoms with Gasteiger partial charge in [0.1, 0.15) is 0 Å².